The van der Waals surface area contributed by atoms with Crippen molar-refractivity contribution < 1.29 is 0 Å². The van der Waals surface area contributed by atoms with Crippen LogP contribution in [-0.2, 0) is 0 Å². The molecule has 0 bridgehead atoms. The molecule has 0 aliphatic rings. The summed E-state index contributed by atoms with van der Waals surface area (Å²) in [5.41, 5.74) is 2.25. The van der Waals surface area contributed by atoms with Gasteiger partial charge in [-0.1, -0.05) is 64.1 Å². The molecule has 1 unspecified atom stereocenters. The zero-order valence-electron chi connectivity index (χ0n) is 10.8. The molecule has 3 nitrogen and oxygen atoms in total. The highest BCUT2D eigenvalue weighted by Crippen LogP contribution is 2.26. The van der Waals surface area contributed by atoms with Crippen LogP contribution in [0.1, 0.15) is 11.5 Å². The van der Waals surface area contributed by atoms with Gasteiger partial charge < -0.3 is 0 Å². The number of alkyl halides is 1. The number of hydrogen-bond acceptors (Lipinski definition) is 3. The van der Waals surface area contributed by atoms with E-state index in [9.17, 15) is 0 Å². The van der Waals surface area contributed by atoms with Crippen molar-refractivity contribution in [3.8, 4) is 0 Å². The predicted molar refractivity (Wildman–Crippen MR) is 86.7 cm³/mol. The summed E-state index contributed by atoms with van der Waals surface area (Å²) >= 11 is 5.35. The van der Waals surface area contributed by atoms with E-state index in [1.807, 2.05) is 34.9 Å². The van der Waals surface area contributed by atoms with Crippen molar-refractivity contribution in [2.24, 2.45) is 0 Å². The van der Waals surface area contributed by atoms with Crippen molar-refractivity contribution in [2.75, 3.05) is 11.1 Å². The number of fused-ring (bicyclic) bond motifs is 1. The molecule has 5 heteroatoms. The summed E-state index contributed by atoms with van der Waals surface area (Å²) in [6, 6.07) is 16.5. The van der Waals surface area contributed by atoms with E-state index in [-0.39, 0.29) is 0 Å². The first-order valence-corrected chi connectivity index (χ1v) is 8.52. The van der Waals surface area contributed by atoms with Gasteiger partial charge in [-0.15, -0.1) is 10.2 Å². The maximum atomic E-state index is 4.26. The van der Waals surface area contributed by atoms with Crippen molar-refractivity contribution in [3.05, 3.63) is 60.3 Å². The minimum absolute atomic E-state index is 0.470. The fourth-order valence-electron chi connectivity index (χ4n) is 2.05. The van der Waals surface area contributed by atoms with Crippen molar-refractivity contribution in [1.82, 2.24) is 14.6 Å². The summed E-state index contributed by atoms with van der Waals surface area (Å²) in [6.07, 6.45) is 2.00. The van der Waals surface area contributed by atoms with Crippen LogP contribution in [0.15, 0.2) is 59.9 Å². The Morgan fingerprint density at radius 3 is 2.65 bits per heavy atom. The van der Waals surface area contributed by atoms with Crippen LogP contribution < -0.4 is 0 Å². The van der Waals surface area contributed by atoms with Crippen molar-refractivity contribution in [2.45, 2.75) is 11.1 Å². The number of rotatable bonds is 5. The van der Waals surface area contributed by atoms with E-state index in [0.717, 1.165) is 21.9 Å². The van der Waals surface area contributed by atoms with E-state index in [1.54, 1.807) is 11.8 Å². The van der Waals surface area contributed by atoms with Gasteiger partial charge in [0, 0.05) is 23.2 Å². The lowest BCUT2D eigenvalue weighted by Crippen LogP contribution is -2.04. The fraction of sp³-hybridized carbons (Fsp3) is 0.200. The second kappa shape index (κ2) is 6.41. The highest BCUT2D eigenvalue weighted by atomic mass is 79.9. The Balaban J connectivity index is 1.75. The lowest BCUT2D eigenvalue weighted by molar-refractivity contribution is 0.880. The van der Waals surface area contributed by atoms with Crippen LogP contribution in [0, 0.1) is 0 Å². The van der Waals surface area contributed by atoms with E-state index >= 15 is 0 Å². The first-order valence-electron chi connectivity index (χ1n) is 6.42. The second-order valence-electron chi connectivity index (χ2n) is 4.48. The molecule has 3 rings (SSSR count). The van der Waals surface area contributed by atoms with Gasteiger partial charge in [0.25, 0.3) is 0 Å². The van der Waals surface area contributed by atoms with Gasteiger partial charge in [0.15, 0.2) is 10.8 Å². The zero-order chi connectivity index (χ0) is 13.8. The molecule has 3 aromatic rings. The largest absolute Gasteiger partial charge is 0.277 e. The Labute approximate surface area is 130 Å². The van der Waals surface area contributed by atoms with Gasteiger partial charge in [-0.05, 0) is 17.7 Å². The number of halogens is 1. The standard InChI is InChI=1S/C15H14BrN3S/c16-10-13(12-6-2-1-3-7-12)11-20-15-18-17-14-8-4-5-9-19(14)15/h1-9,13H,10-11H2. The average Bonchev–Trinajstić information content (AvgIpc) is 2.92. The first-order chi connectivity index (χ1) is 9.88. The molecule has 0 N–H and O–H groups in total. The monoisotopic (exact) mass is 347 g/mol. The minimum atomic E-state index is 0.470. The van der Waals surface area contributed by atoms with Gasteiger partial charge in [-0.3, -0.25) is 4.40 Å². The van der Waals surface area contributed by atoms with E-state index in [0.29, 0.717) is 5.92 Å². The Hall–Kier alpha value is -1.33. The molecule has 0 saturated carbocycles. The Bertz CT molecular complexity index is 684. The summed E-state index contributed by atoms with van der Waals surface area (Å²) in [7, 11) is 0. The van der Waals surface area contributed by atoms with Gasteiger partial charge in [0.2, 0.25) is 0 Å². The summed E-state index contributed by atoms with van der Waals surface area (Å²) in [6.45, 7) is 0. The minimum Gasteiger partial charge on any atom is -0.277 e. The molecule has 20 heavy (non-hydrogen) atoms. The van der Waals surface area contributed by atoms with E-state index in [4.69, 9.17) is 0 Å². The number of nitrogens with zero attached hydrogens (tertiary/aromatic N) is 3. The van der Waals surface area contributed by atoms with Crippen LogP contribution in [0.5, 0.6) is 0 Å². The maximum absolute atomic E-state index is 4.26. The first kappa shape index (κ1) is 13.6. The molecule has 2 heterocycles. The molecular formula is C15H14BrN3S. The number of pyridine rings is 1. The lowest BCUT2D eigenvalue weighted by Gasteiger charge is -2.13. The Kier molecular flexibility index (Phi) is 4.38. The predicted octanol–water partition coefficient (Wildman–Crippen LogP) is 4.00. The van der Waals surface area contributed by atoms with E-state index in [2.05, 4.69) is 50.4 Å². The molecular weight excluding hydrogens is 334 g/mol. The third-order valence-electron chi connectivity index (χ3n) is 3.15. The molecule has 2 aromatic heterocycles. The third kappa shape index (κ3) is 2.88. The van der Waals surface area contributed by atoms with Crippen molar-refractivity contribution in [1.29, 1.82) is 0 Å². The van der Waals surface area contributed by atoms with Gasteiger partial charge in [-0.25, -0.2) is 0 Å². The van der Waals surface area contributed by atoms with Gasteiger partial charge >= 0.3 is 0 Å². The van der Waals surface area contributed by atoms with Gasteiger partial charge in [0.05, 0.1) is 0 Å². The molecule has 0 spiro atoms. The van der Waals surface area contributed by atoms with Crippen LogP contribution in [-0.4, -0.2) is 25.7 Å². The van der Waals surface area contributed by atoms with E-state index < -0.39 is 0 Å². The number of benzene rings is 1. The summed E-state index contributed by atoms with van der Waals surface area (Å²) < 4.78 is 2.03. The number of thioether (sulfide) groups is 1. The van der Waals surface area contributed by atoms with E-state index in [1.165, 1.54) is 5.56 Å². The molecule has 1 atom stereocenters. The number of hydrogen-bond donors (Lipinski definition) is 0. The van der Waals surface area contributed by atoms with Crippen LogP contribution >= 0.6 is 27.7 Å². The van der Waals surface area contributed by atoms with Gasteiger partial charge in [-0.2, -0.15) is 0 Å². The average molecular weight is 348 g/mol. The summed E-state index contributed by atoms with van der Waals surface area (Å²) in [5.74, 6) is 1.45. The molecule has 0 fully saturated rings. The maximum Gasteiger partial charge on any atom is 0.195 e. The highest BCUT2D eigenvalue weighted by Gasteiger charge is 2.13. The second-order valence-corrected chi connectivity index (χ2v) is 6.12. The SMILES string of the molecule is BrCC(CSc1nnc2ccccn12)c1ccccc1. The van der Waals surface area contributed by atoms with Crippen molar-refractivity contribution >= 4 is 33.3 Å². The Morgan fingerprint density at radius 2 is 1.85 bits per heavy atom. The fourth-order valence-corrected chi connectivity index (χ4v) is 4.01. The van der Waals surface area contributed by atoms with Gasteiger partial charge in [0.1, 0.15) is 0 Å². The smallest absolute Gasteiger partial charge is 0.195 e. The lowest BCUT2D eigenvalue weighted by atomic mass is 10.0. The van der Waals surface area contributed by atoms with Crippen LogP contribution in [0.3, 0.4) is 0 Å². The topological polar surface area (TPSA) is 30.2 Å². The van der Waals surface area contributed by atoms with Crippen LogP contribution in [0.2, 0.25) is 0 Å². The van der Waals surface area contributed by atoms with Crippen LogP contribution in [0.4, 0.5) is 0 Å². The third-order valence-corrected chi connectivity index (χ3v) is 5.04. The molecule has 0 aliphatic heterocycles. The molecule has 0 aliphatic carbocycles. The zero-order valence-corrected chi connectivity index (χ0v) is 13.2. The summed E-state index contributed by atoms with van der Waals surface area (Å²) in [5, 5.41) is 10.3. The normalized spacial score (nSPS) is 12.7. The highest BCUT2D eigenvalue weighted by molar-refractivity contribution is 9.09. The molecule has 1 aromatic carbocycles. The molecule has 102 valence electrons. The molecule has 0 amide bonds. The molecule has 0 radical (unpaired) electrons. The quantitative estimate of drug-likeness (QED) is 0.516. The summed E-state index contributed by atoms with van der Waals surface area (Å²) in [4.78, 5) is 0. The number of aromatic nitrogens is 3. The Morgan fingerprint density at radius 1 is 1.05 bits per heavy atom. The van der Waals surface area contributed by atoms with Crippen molar-refractivity contribution in [3.63, 3.8) is 0 Å². The molecule has 0 saturated heterocycles. The van der Waals surface area contributed by atoms with Crippen LogP contribution in [0.25, 0.3) is 5.65 Å².